The quantitative estimate of drug-likeness (QED) is 0.920. The van der Waals surface area contributed by atoms with E-state index in [-0.39, 0.29) is 5.41 Å². The van der Waals surface area contributed by atoms with E-state index in [1.54, 1.807) is 0 Å². The summed E-state index contributed by atoms with van der Waals surface area (Å²) >= 11 is 0. The number of nitrogens with one attached hydrogen (secondary N) is 1. The summed E-state index contributed by atoms with van der Waals surface area (Å²) in [7, 11) is 0. The van der Waals surface area contributed by atoms with Crippen LogP contribution < -0.4 is 5.32 Å². The molecule has 1 aliphatic carbocycles. The smallest absolute Gasteiger partial charge is 0.233 e. The van der Waals surface area contributed by atoms with E-state index in [9.17, 15) is 0 Å². The van der Waals surface area contributed by atoms with Gasteiger partial charge in [-0.2, -0.15) is 4.98 Å². The first kappa shape index (κ1) is 14.1. The van der Waals surface area contributed by atoms with E-state index in [4.69, 9.17) is 9.51 Å². The molecule has 1 aromatic rings. The molecular weight excluding hydrogens is 250 g/mol. The van der Waals surface area contributed by atoms with Gasteiger partial charge >= 0.3 is 0 Å². The predicted molar refractivity (Wildman–Crippen MR) is 78.7 cm³/mol. The molecule has 1 saturated carbocycles. The Morgan fingerprint density at radius 3 is 2.75 bits per heavy atom. The summed E-state index contributed by atoms with van der Waals surface area (Å²) in [5, 5.41) is 7.75. The molecule has 0 spiro atoms. The SMILES string of the molecule is CCC1CCC(c2noc(C3(C)CCCNC3)n2)CC1. The summed E-state index contributed by atoms with van der Waals surface area (Å²) in [4.78, 5) is 4.76. The van der Waals surface area contributed by atoms with Crippen molar-refractivity contribution in [1.29, 1.82) is 0 Å². The fourth-order valence-electron chi connectivity index (χ4n) is 3.71. The highest BCUT2D eigenvalue weighted by Gasteiger charge is 2.35. The minimum atomic E-state index is 0.0319. The third-order valence-corrected chi connectivity index (χ3v) is 5.34. The molecule has 0 bridgehead atoms. The normalized spacial score (nSPS) is 35.1. The monoisotopic (exact) mass is 277 g/mol. The molecule has 4 heteroatoms. The number of piperidine rings is 1. The van der Waals surface area contributed by atoms with Crippen molar-refractivity contribution >= 4 is 0 Å². The average Bonchev–Trinajstić information content (AvgIpc) is 2.99. The van der Waals surface area contributed by atoms with E-state index in [1.165, 1.54) is 38.5 Å². The Balaban J connectivity index is 1.67. The van der Waals surface area contributed by atoms with Crippen molar-refractivity contribution in [2.24, 2.45) is 5.92 Å². The first-order chi connectivity index (χ1) is 9.71. The molecule has 1 N–H and O–H groups in total. The van der Waals surface area contributed by atoms with Crippen molar-refractivity contribution in [3.63, 3.8) is 0 Å². The Morgan fingerprint density at radius 2 is 2.10 bits per heavy atom. The molecule has 1 aromatic heterocycles. The third kappa shape index (κ3) is 2.76. The second-order valence-corrected chi connectivity index (χ2v) is 6.92. The first-order valence-electron chi connectivity index (χ1n) is 8.26. The maximum Gasteiger partial charge on any atom is 0.233 e. The fourth-order valence-corrected chi connectivity index (χ4v) is 3.71. The first-order valence-corrected chi connectivity index (χ1v) is 8.26. The van der Waals surface area contributed by atoms with Crippen LogP contribution in [-0.4, -0.2) is 23.2 Å². The largest absolute Gasteiger partial charge is 0.339 e. The van der Waals surface area contributed by atoms with Crippen LogP contribution in [0.1, 0.15) is 76.4 Å². The molecule has 4 nitrogen and oxygen atoms in total. The Kier molecular flexibility index (Phi) is 4.11. The zero-order valence-corrected chi connectivity index (χ0v) is 12.8. The molecule has 2 fully saturated rings. The summed E-state index contributed by atoms with van der Waals surface area (Å²) in [6.45, 7) is 6.60. The van der Waals surface area contributed by atoms with Gasteiger partial charge in [-0.3, -0.25) is 0 Å². The zero-order valence-electron chi connectivity index (χ0n) is 12.8. The molecule has 112 valence electrons. The van der Waals surface area contributed by atoms with Gasteiger partial charge in [0.1, 0.15) is 0 Å². The van der Waals surface area contributed by atoms with Gasteiger partial charge in [-0.15, -0.1) is 0 Å². The molecule has 3 rings (SSSR count). The van der Waals surface area contributed by atoms with Crippen LogP contribution in [0.15, 0.2) is 4.52 Å². The van der Waals surface area contributed by atoms with Crippen LogP contribution in [0.3, 0.4) is 0 Å². The minimum absolute atomic E-state index is 0.0319. The lowest BCUT2D eigenvalue weighted by Crippen LogP contribution is -2.41. The van der Waals surface area contributed by atoms with Crippen molar-refractivity contribution < 1.29 is 4.52 Å². The molecule has 1 aliphatic heterocycles. The lowest BCUT2D eigenvalue weighted by Gasteiger charge is -2.30. The van der Waals surface area contributed by atoms with E-state index in [0.29, 0.717) is 5.92 Å². The maximum absolute atomic E-state index is 5.61. The van der Waals surface area contributed by atoms with Crippen LogP contribution in [0, 0.1) is 5.92 Å². The van der Waals surface area contributed by atoms with Crippen molar-refractivity contribution in [1.82, 2.24) is 15.5 Å². The number of nitrogens with zero attached hydrogens (tertiary/aromatic N) is 2. The van der Waals surface area contributed by atoms with E-state index in [2.05, 4.69) is 24.3 Å². The van der Waals surface area contributed by atoms with E-state index >= 15 is 0 Å². The number of hydrogen-bond acceptors (Lipinski definition) is 4. The average molecular weight is 277 g/mol. The molecule has 1 atom stereocenters. The third-order valence-electron chi connectivity index (χ3n) is 5.34. The second-order valence-electron chi connectivity index (χ2n) is 6.92. The standard InChI is InChI=1S/C16H27N3O/c1-3-12-5-7-13(8-6-12)14-18-15(20-19-14)16(2)9-4-10-17-11-16/h12-13,17H,3-11H2,1-2H3. The topological polar surface area (TPSA) is 51.0 Å². The molecule has 1 unspecified atom stereocenters. The van der Waals surface area contributed by atoms with E-state index < -0.39 is 0 Å². The molecule has 0 amide bonds. The van der Waals surface area contributed by atoms with Gasteiger partial charge in [-0.1, -0.05) is 18.5 Å². The van der Waals surface area contributed by atoms with Gasteiger partial charge < -0.3 is 9.84 Å². The van der Waals surface area contributed by atoms with Crippen molar-refractivity contribution in [2.75, 3.05) is 13.1 Å². The Morgan fingerprint density at radius 1 is 1.30 bits per heavy atom. The summed E-state index contributed by atoms with van der Waals surface area (Å²) in [5.74, 6) is 3.24. The second kappa shape index (κ2) is 5.84. The van der Waals surface area contributed by atoms with Crippen LogP contribution in [0.5, 0.6) is 0 Å². The zero-order chi connectivity index (χ0) is 14.0. The van der Waals surface area contributed by atoms with Gasteiger partial charge in [0.25, 0.3) is 0 Å². The van der Waals surface area contributed by atoms with Crippen molar-refractivity contribution in [2.45, 2.75) is 70.1 Å². The van der Waals surface area contributed by atoms with Crippen LogP contribution in [-0.2, 0) is 5.41 Å². The van der Waals surface area contributed by atoms with Gasteiger partial charge in [0.05, 0.1) is 5.41 Å². The van der Waals surface area contributed by atoms with Gasteiger partial charge in [0.15, 0.2) is 5.82 Å². The summed E-state index contributed by atoms with van der Waals surface area (Å²) in [6, 6.07) is 0. The van der Waals surface area contributed by atoms with Crippen LogP contribution in [0.4, 0.5) is 0 Å². The Labute approximate surface area is 121 Å². The van der Waals surface area contributed by atoms with Crippen molar-refractivity contribution in [3.05, 3.63) is 11.7 Å². The van der Waals surface area contributed by atoms with E-state index in [0.717, 1.165) is 37.1 Å². The lowest BCUT2D eigenvalue weighted by molar-refractivity contribution is 0.243. The molecule has 20 heavy (non-hydrogen) atoms. The van der Waals surface area contributed by atoms with Crippen LogP contribution in [0.2, 0.25) is 0 Å². The fraction of sp³-hybridized carbons (Fsp3) is 0.875. The van der Waals surface area contributed by atoms with Crippen LogP contribution in [0.25, 0.3) is 0 Å². The maximum atomic E-state index is 5.61. The lowest BCUT2D eigenvalue weighted by atomic mass is 9.80. The minimum Gasteiger partial charge on any atom is -0.339 e. The number of aromatic nitrogens is 2. The number of hydrogen-bond donors (Lipinski definition) is 1. The summed E-state index contributed by atoms with van der Waals surface area (Å²) in [6.07, 6.45) is 8.75. The molecule has 2 aliphatic rings. The van der Waals surface area contributed by atoms with Gasteiger partial charge in [0.2, 0.25) is 5.89 Å². The number of rotatable bonds is 3. The van der Waals surface area contributed by atoms with Crippen molar-refractivity contribution in [3.8, 4) is 0 Å². The summed E-state index contributed by atoms with van der Waals surface area (Å²) < 4.78 is 5.61. The highest BCUT2D eigenvalue weighted by molar-refractivity contribution is 5.08. The predicted octanol–water partition coefficient (Wildman–Crippen LogP) is 3.39. The molecular formula is C16H27N3O. The molecule has 0 radical (unpaired) electrons. The molecule has 2 heterocycles. The van der Waals surface area contributed by atoms with Crippen LogP contribution >= 0.6 is 0 Å². The summed E-state index contributed by atoms with van der Waals surface area (Å²) in [5.41, 5.74) is 0.0319. The highest BCUT2D eigenvalue weighted by Crippen LogP contribution is 2.37. The van der Waals surface area contributed by atoms with Gasteiger partial charge in [0, 0.05) is 12.5 Å². The van der Waals surface area contributed by atoms with Gasteiger partial charge in [-0.25, -0.2) is 0 Å². The molecule has 0 aromatic carbocycles. The highest BCUT2D eigenvalue weighted by atomic mass is 16.5. The van der Waals surface area contributed by atoms with Gasteiger partial charge in [-0.05, 0) is 57.9 Å². The Hall–Kier alpha value is -0.900. The molecule has 1 saturated heterocycles. The van der Waals surface area contributed by atoms with E-state index in [1.807, 2.05) is 0 Å². The Bertz CT molecular complexity index is 429.